The van der Waals surface area contributed by atoms with Gasteiger partial charge in [0.1, 0.15) is 6.33 Å². The lowest BCUT2D eigenvalue weighted by Gasteiger charge is -2.15. The zero-order valence-electron chi connectivity index (χ0n) is 15.2. The Morgan fingerprint density at radius 2 is 1.96 bits per heavy atom. The molecule has 2 aromatic heterocycles. The lowest BCUT2D eigenvalue weighted by Crippen LogP contribution is -2.11. The van der Waals surface area contributed by atoms with Gasteiger partial charge in [-0.15, -0.1) is 16.4 Å². The van der Waals surface area contributed by atoms with Crippen LogP contribution in [0.2, 0.25) is 0 Å². The quantitative estimate of drug-likeness (QED) is 0.576. The molecular formula is C21H17N5OS. The zero-order chi connectivity index (χ0) is 19.1. The van der Waals surface area contributed by atoms with Gasteiger partial charge in [-0.1, -0.05) is 30.3 Å². The monoisotopic (exact) mass is 387 g/mol. The Balaban J connectivity index is 1.43. The molecule has 0 fully saturated rings. The summed E-state index contributed by atoms with van der Waals surface area (Å²) in [7, 11) is 0. The number of thiophene rings is 1. The Labute approximate surface area is 165 Å². The van der Waals surface area contributed by atoms with Crippen LogP contribution in [0.15, 0.2) is 54.9 Å². The molecule has 2 aromatic carbocycles. The minimum atomic E-state index is -0.0941. The SMILES string of the molecule is Cc1ccc(NC(=O)c2cc3c(s2)-c2ccccc2CC3)cc1-n1cnnn1. The molecule has 28 heavy (non-hydrogen) atoms. The molecule has 0 saturated carbocycles. The zero-order valence-corrected chi connectivity index (χ0v) is 16.0. The van der Waals surface area contributed by atoms with Crippen LogP contribution in [0.1, 0.15) is 26.4 Å². The number of carbonyl (C=O) groups is 1. The summed E-state index contributed by atoms with van der Waals surface area (Å²) >= 11 is 1.56. The molecule has 4 aromatic rings. The number of benzene rings is 2. The largest absolute Gasteiger partial charge is 0.321 e. The van der Waals surface area contributed by atoms with E-state index in [4.69, 9.17) is 0 Å². The molecular weight excluding hydrogens is 370 g/mol. The smallest absolute Gasteiger partial charge is 0.265 e. The molecule has 1 aliphatic rings. The van der Waals surface area contributed by atoms with E-state index in [1.54, 1.807) is 22.3 Å². The molecule has 5 rings (SSSR count). The van der Waals surface area contributed by atoms with Crippen molar-refractivity contribution >= 4 is 22.9 Å². The second-order valence-electron chi connectivity index (χ2n) is 6.83. The van der Waals surface area contributed by atoms with E-state index in [1.807, 2.05) is 31.2 Å². The highest BCUT2D eigenvalue weighted by Crippen LogP contribution is 2.39. The van der Waals surface area contributed by atoms with Crippen LogP contribution in [0.4, 0.5) is 5.69 Å². The minimum Gasteiger partial charge on any atom is -0.321 e. The number of aryl methyl sites for hydroxylation is 3. The molecule has 0 radical (unpaired) electrons. The Hall–Kier alpha value is -3.32. The number of fused-ring (bicyclic) bond motifs is 3. The first-order valence-electron chi connectivity index (χ1n) is 9.05. The van der Waals surface area contributed by atoms with Gasteiger partial charge in [0.25, 0.3) is 5.91 Å². The fourth-order valence-corrected chi connectivity index (χ4v) is 4.75. The van der Waals surface area contributed by atoms with Crippen molar-refractivity contribution in [1.29, 1.82) is 0 Å². The number of nitrogens with one attached hydrogen (secondary N) is 1. The van der Waals surface area contributed by atoms with Crippen molar-refractivity contribution in [3.05, 3.63) is 76.4 Å². The number of hydrogen-bond donors (Lipinski definition) is 1. The number of amides is 1. The van der Waals surface area contributed by atoms with E-state index < -0.39 is 0 Å². The van der Waals surface area contributed by atoms with Gasteiger partial charge in [-0.2, -0.15) is 0 Å². The lowest BCUT2D eigenvalue weighted by atomic mass is 9.91. The summed E-state index contributed by atoms with van der Waals surface area (Å²) in [5.41, 5.74) is 6.44. The second kappa shape index (κ2) is 6.69. The molecule has 7 heteroatoms. The van der Waals surface area contributed by atoms with Crippen molar-refractivity contribution in [1.82, 2.24) is 20.2 Å². The van der Waals surface area contributed by atoms with E-state index >= 15 is 0 Å². The highest BCUT2D eigenvalue weighted by molar-refractivity contribution is 7.17. The van der Waals surface area contributed by atoms with E-state index in [0.29, 0.717) is 5.69 Å². The van der Waals surface area contributed by atoms with Crippen molar-refractivity contribution in [2.75, 3.05) is 5.32 Å². The maximum absolute atomic E-state index is 12.9. The fourth-order valence-electron chi connectivity index (χ4n) is 3.58. The van der Waals surface area contributed by atoms with Crippen LogP contribution in [0, 0.1) is 6.92 Å². The second-order valence-corrected chi connectivity index (χ2v) is 7.88. The van der Waals surface area contributed by atoms with Gasteiger partial charge in [-0.25, -0.2) is 4.68 Å². The standard InChI is InChI=1S/C21H17N5OS/c1-13-6-9-16(11-18(13)26-12-22-24-25-26)23-21(27)19-10-15-8-7-14-4-2-3-5-17(14)20(15)28-19/h2-6,9-12H,7-8H2,1H3,(H,23,27). The molecule has 2 heterocycles. The lowest BCUT2D eigenvalue weighted by molar-refractivity contribution is 0.103. The average Bonchev–Trinajstić information content (AvgIpc) is 3.39. The van der Waals surface area contributed by atoms with Crippen LogP contribution in [-0.4, -0.2) is 26.1 Å². The number of rotatable bonds is 3. The maximum atomic E-state index is 12.9. The summed E-state index contributed by atoms with van der Waals surface area (Å²) < 4.78 is 1.59. The van der Waals surface area contributed by atoms with Crippen molar-refractivity contribution in [2.45, 2.75) is 19.8 Å². The van der Waals surface area contributed by atoms with E-state index in [-0.39, 0.29) is 5.91 Å². The molecule has 0 atom stereocenters. The summed E-state index contributed by atoms with van der Waals surface area (Å²) in [5.74, 6) is -0.0941. The molecule has 0 saturated heterocycles. The third-order valence-corrected chi connectivity index (χ3v) is 6.23. The Morgan fingerprint density at radius 3 is 2.82 bits per heavy atom. The number of anilines is 1. The van der Waals surface area contributed by atoms with Gasteiger partial charge in [-0.3, -0.25) is 4.79 Å². The summed E-state index contributed by atoms with van der Waals surface area (Å²) in [6.45, 7) is 1.98. The van der Waals surface area contributed by atoms with Crippen LogP contribution in [0.25, 0.3) is 16.1 Å². The van der Waals surface area contributed by atoms with Crippen LogP contribution in [0.3, 0.4) is 0 Å². The fraction of sp³-hybridized carbons (Fsp3) is 0.143. The van der Waals surface area contributed by atoms with Gasteiger partial charge in [0.15, 0.2) is 0 Å². The first-order chi connectivity index (χ1) is 13.7. The van der Waals surface area contributed by atoms with E-state index in [1.165, 1.54) is 21.6 Å². The third kappa shape index (κ3) is 2.90. The van der Waals surface area contributed by atoms with Crippen molar-refractivity contribution in [3.8, 4) is 16.1 Å². The molecule has 138 valence electrons. The summed E-state index contributed by atoms with van der Waals surface area (Å²) in [4.78, 5) is 14.8. The van der Waals surface area contributed by atoms with Gasteiger partial charge in [0.05, 0.1) is 10.6 Å². The van der Waals surface area contributed by atoms with Gasteiger partial charge >= 0.3 is 0 Å². The van der Waals surface area contributed by atoms with Crippen LogP contribution in [0.5, 0.6) is 0 Å². The maximum Gasteiger partial charge on any atom is 0.265 e. The number of nitrogens with zero attached hydrogens (tertiary/aromatic N) is 4. The molecule has 0 unspecified atom stereocenters. The predicted octanol–water partition coefficient (Wildman–Crippen LogP) is 4.05. The first kappa shape index (κ1) is 16.8. The summed E-state index contributed by atoms with van der Waals surface area (Å²) in [6.07, 6.45) is 3.54. The third-order valence-electron chi connectivity index (χ3n) is 5.02. The Morgan fingerprint density at radius 1 is 1.11 bits per heavy atom. The highest BCUT2D eigenvalue weighted by atomic mass is 32.1. The van der Waals surface area contributed by atoms with Crippen molar-refractivity contribution in [2.24, 2.45) is 0 Å². The van der Waals surface area contributed by atoms with Crippen LogP contribution < -0.4 is 5.32 Å². The van der Waals surface area contributed by atoms with Gasteiger partial charge in [-0.05, 0) is 70.6 Å². The van der Waals surface area contributed by atoms with Crippen molar-refractivity contribution < 1.29 is 4.79 Å². The number of carbonyl (C=O) groups excluding carboxylic acids is 1. The summed E-state index contributed by atoms with van der Waals surface area (Å²) in [5, 5.41) is 14.3. The molecule has 1 N–H and O–H groups in total. The number of aromatic nitrogens is 4. The molecule has 0 bridgehead atoms. The van der Waals surface area contributed by atoms with Crippen molar-refractivity contribution in [3.63, 3.8) is 0 Å². The molecule has 6 nitrogen and oxygen atoms in total. The van der Waals surface area contributed by atoms with Gasteiger partial charge in [0.2, 0.25) is 0 Å². The minimum absolute atomic E-state index is 0.0941. The predicted molar refractivity (Wildman–Crippen MR) is 109 cm³/mol. The van der Waals surface area contributed by atoms with Crippen LogP contribution in [-0.2, 0) is 12.8 Å². The van der Waals surface area contributed by atoms with E-state index in [2.05, 4.69) is 45.1 Å². The van der Waals surface area contributed by atoms with Crippen LogP contribution >= 0.6 is 11.3 Å². The number of hydrogen-bond acceptors (Lipinski definition) is 5. The van der Waals surface area contributed by atoms with E-state index in [0.717, 1.165) is 29.0 Å². The molecule has 1 aliphatic carbocycles. The Kier molecular flexibility index (Phi) is 4.02. The molecule has 1 amide bonds. The average molecular weight is 387 g/mol. The number of tetrazole rings is 1. The summed E-state index contributed by atoms with van der Waals surface area (Å²) in [6, 6.07) is 16.2. The van der Waals surface area contributed by atoms with E-state index in [9.17, 15) is 4.79 Å². The topological polar surface area (TPSA) is 72.7 Å². The highest BCUT2D eigenvalue weighted by Gasteiger charge is 2.21. The normalized spacial score (nSPS) is 12.3. The molecule has 0 aliphatic heterocycles. The first-order valence-corrected chi connectivity index (χ1v) is 9.87. The Bertz CT molecular complexity index is 1180. The molecule has 0 spiro atoms. The van der Waals surface area contributed by atoms with Gasteiger partial charge in [0, 0.05) is 10.6 Å². The van der Waals surface area contributed by atoms with Gasteiger partial charge < -0.3 is 5.32 Å².